The summed E-state index contributed by atoms with van der Waals surface area (Å²) >= 11 is 0. The van der Waals surface area contributed by atoms with E-state index in [1.807, 2.05) is 18.2 Å². The number of benzene rings is 1. The average Bonchev–Trinajstić information content (AvgIpc) is 2.65. The molecule has 0 heterocycles. The van der Waals surface area contributed by atoms with Gasteiger partial charge >= 0.3 is 0 Å². The van der Waals surface area contributed by atoms with Gasteiger partial charge in [0.25, 0.3) is 0 Å². The highest BCUT2D eigenvalue weighted by Crippen LogP contribution is 2.32. The van der Waals surface area contributed by atoms with Gasteiger partial charge in [0.05, 0.1) is 6.04 Å². The highest BCUT2D eigenvalue weighted by Gasteiger charge is 2.52. The number of halogens is 2. The zero-order chi connectivity index (χ0) is 8.55. The summed E-state index contributed by atoms with van der Waals surface area (Å²) in [5.74, 6) is 0. The SMILES string of the molecule is FC1C(F)C1Nc1ccccc1. The molecule has 1 aromatic carbocycles. The van der Waals surface area contributed by atoms with E-state index in [-0.39, 0.29) is 0 Å². The molecule has 64 valence electrons. The van der Waals surface area contributed by atoms with E-state index in [0.29, 0.717) is 0 Å². The fraction of sp³-hybridized carbons (Fsp3) is 0.333. The van der Waals surface area contributed by atoms with Crippen LogP contribution in [0.4, 0.5) is 14.5 Å². The lowest BCUT2D eigenvalue weighted by molar-refractivity contribution is 0.372. The third-order valence-electron chi connectivity index (χ3n) is 1.96. The second-order valence-corrected chi connectivity index (χ2v) is 2.92. The highest BCUT2D eigenvalue weighted by atomic mass is 19.2. The van der Waals surface area contributed by atoms with E-state index < -0.39 is 18.4 Å². The molecule has 0 aliphatic heterocycles. The van der Waals surface area contributed by atoms with Crippen molar-refractivity contribution in [2.75, 3.05) is 5.32 Å². The molecule has 0 bridgehead atoms. The van der Waals surface area contributed by atoms with Gasteiger partial charge in [-0.05, 0) is 12.1 Å². The third kappa shape index (κ3) is 1.26. The fourth-order valence-electron chi connectivity index (χ4n) is 1.13. The van der Waals surface area contributed by atoms with Gasteiger partial charge in [-0.25, -0.2) is 8.78 Å². The van der Waals surface area contributed by atoms with Gasteiger partial charge < -0.3 is 5.32 Å². The third-order valence-corrected chi connectivity index (χ3v) is 1.96. The first-order chi connectivity index (χ1) is 5.79. The van der Waals surface area contributed by atoms with Crippen molar-refractivity contribution in [1.82, 2.24) is 0 Å². The minimum atomic E-state index is -1.33. The zero-order valence-corrected chi connectivity index (χ0v) is 6.37. The number of hydrogen-bond donors (Lipinski definition) is 1. The highest BCUT2D eigenvalue weighted by molar-refractivity contribution is 5.46. The number of para-hydroxylation sites is 1. The maximum Gasteiger partial charge on any atom is 0.156 e. The Balaban J connectivity index is 1.97. The van der Waals surface area contributed by atoms with Gasteiger partial charge in [-0.1, -0.05) is 18.2 Å². The van der Waals surface area contributed by atoms with E-state index in [4.69, 9.17) is 0 Å². The Bertz CT molecular complexity index is 254. The van der Waals surface area contributed by atoms with Gasteiger partial charge in [0, 0.05) is 5.69 Å². The zero-order valence-electron chi connectivity index (χ0n) is 6.37. The van der Waals surface area contributed by atoms with Gasteiger partial charge in [-0.15, -0.1) is 0 Å². The topological polar surface area (TPSA) is 12.0 Å². The molecular weight excluding hydrogens is 160 g/mol. The summed E-state index contributed by atoms with van der Waals surface area (Å²) in [6.45, 7) is 0. The largest absolute Gasteiger partial charge is 0.376 e. The first kappa shape index (κ1) is 7.53. The first-order valence-electron chi connectivity index (χ1n) is 3.89. The molecule has 0 radical (unpaired) electrons. The summed E-state index contributed by atoms with van der Waals surface area (Å²) in [4.78, 5) is 0. The Morgan fingerprint density at radius 2 is 1.58 bits per heavy atom. The Hall–Kier alpha value is -1.12. The molecule has 1 saturated carbocycles. The van der Waals surface area contributed by atoms with Gasteiger partial charge in [0.15, 0.2) is 12.3 Å². The fourth-order valence-corrected chi connectivity index (χ4v) is 1.13. The maximum atomic E-state index is 12.4. The predicted octanol–water partition coefficient (Wildman–Crippen LogP) is 2.16. The van der Waals surface area contributed by atoms with E-state index in [1.54, 1.807) is 12.1 Å². The summed E-state index contributed by atoms with van der Waals surface area (Å²) in [5.41, 5.74) is 0.769. The van der Waals surface area contributed by atoms with Crippen molar-refractivity contribution in [1.29, 1.82) is 0 Å². The summed E-state index contributed by atoms with van der Waals surface area (Å²) in [5, 5.41) is 2.77. The molecule has 0 aromatic heterocycles. The van der Waals surface area contributed by atoms with Crippen molar-refractivity contribution < 1.29 is 8.78 Å². The van der Waals surface area contributed by atoms with Crippen LogP contribution in [0.15, 0.2) is 30.3 Å². The van der Waals surface area contributed by atoms with Crippen LogP contribution < -0.4 is 5.32 Å². The number of rotatable bonds is 2. The second-order valence-electron chi connectivity index (χ2n) is 2.92. The molecule has 2 rings (SSSR count). The molecule has 12 heavy (non-hydrogen) atoms. The standard InChI is InChI=1S/C9H9F2N/c10-7-8(11)9(7)12-6-4-2-1-3-5-6/h1-5,7-9,12H. The van der Waals surface area contributed by atoms with Crippen LogP contribution in [0.1, 0.15) is 0 Å². The molecule has 0 saturated heterocycles. The van der Waals surface area contributed by atoms with Crippen LogP contribution in [0.2, 0.25) is 0 Å². The molecular formula is C9H9F2N. The lowest BCUT2D eigenvalue weighted by atomic mass is 10.3. The molecule has 1 aliphatic carbocycles. The maximum absolute atomic E-state index is 12.4. The van der Waals surface area contributed by atoms with Crippen molar-refractivity contribution in [3.8, 4) is 0 Å². The first-order valence-corrected chi connectivity index (χ1v) is 3.89. The molecule has 1 fully saturated rings. The van der Waals surface area contributed by atoms with Crippen molar-refractivity contribution in [3.05, 3.63) is 30.3 Å². The normalized spacial score (nSPS) is 33.0. The summed E-state index contributed by atoms with van der Waals surface area (Å²) < 4.78 is 24.8. The number of alkyl halides is 2. The van der Waals surface area contributed by atoms with Crippen LogP contribution in [-0.2, 0) is 0 Å². The molecule has 1 aromatic rings. The van der Waals surface area contributed by atoms with Crippen LogP contribution in [0.3, 0.4) is 0 Å². The lowest BCUT2D eigenvalue weighted by Crippen LogP contribution is -2.05. The number of anilines is 1. The monoisotopic (exact) mass is 169 g/mol. The molecule has 2 unspecified atom stereocenters. The van der Waals surface area contributed by atoms with Crippen LogP contribution in [-0.4, -0.2) is 18.4 Å². The molecule has 0 spiro atoms. The van der Waals surface area contributed by atoms with Gasteiger partial charge in [-0.3, -0.25) is 0 Å². The van der Waals surface area contributed by atoms with Gasteiger partial charge in [-0.2, -0.15) is 0 Å². The van der Waals surface area contributed by atoms with Crippen molar-refractivity contribution in [3.63, 3.8) is 0 Å². The number of hydrogen-bond acceptors (Lipinski definition) is 1. The molecule has 3 heteroatoms. The van der Waals surface area contributed by atoms with Gasteiger partial charge in [0.2, 0.25) is 0 Å². The summed E-state index contributed by atoms with van der Waals surface area (Å²) in [7, 11) is 0. The molecule has 1 N–H and O–H groups in total. The van der Waals surface area contributed by atoms with E-state index in [9.17, 15) is 8.78 Å². The Labute approximate surface area is 69.4 Å². The van der Waals surface area contributed by atoms with E-state index in [1.165, 1.54) is 0 Å². The Morgan fingerprint density at radius 3 is 2.08 bits per heavy atom. The number of nitrogens with one attached hydrogen (secondary N) is 1. The van der Waals surface area contributed by atoms with Crippen molar-refractivity contribution >= 4 is 5.69 Å². The minimum absolute atomic E-state index is 0.632. The molecule has 1 nitrogen and oxygen atoms in total. The summed E-state index contributed by atoms with van der Waals surface area (Å²) in [6, 6.07) is 8.46. The molecule has 0 amide bonds. The van der Waals surface area contributed by atoms with Gasteiger partial charge in [0.1, 0.15) is 0 Å². The van der Waals surface area contributed by atoms with E-state index in [2.05, 4.69) is 5.32 Å². The lowest BCUT2D eigenvalue weighted by Gasteiger charge is -2.01. The van der Waals surface area contributed by atoms with Crippen LogP contribution in [0.25, 0.3) is 0 Å². The quantitative estimate of drug-likeness (QED) is 0.715. The van der Waals surface area contributed by atoms with Crippen molar-refractivity contribution in [2.45, 2.75) is 18.4 Å². The van der Waals surface area contributed by atoms with E-state index in [0.717, 1.165) is 5.69 Å². The molecule has 2 atom stereocenters. The van der Waals surface area contributed by atoms with Crippen LogP contribution in [0.5, 0.6) is 0 Å². The average molecular weight is 169 g/mol. The predicted molar refractivity (Wildman–Crippen MR) is 43.6 cm³/mol. The molecule has 1 aliphatic rings. The van der Waals surface area contributed by atoms with E-state index >= 15 is 0 Å². The Kier molecular flexibility index (Phi) is 1.71. The van der Waals surface area contributed by atoms with Crippen molar-refractivity contribution in [2.24, 2.45) is 0 Å². The van der Waals surface area contributed by atoms with Crippen LogP contribution >= 0.6 is 0 Å². The summed E-state index contributed by atoms with van der Waals surface area (Å²) in [6.07, 6.45) is -2.66. The minimum Gasteiger partial charge on any atom is -0.376 e. The smallest absolute Gasteiger partial charge is 0.156 e. The Morgan fingerprint density at radius 1 is 1.00 bits per heavy atom. The second kappa shape index (κ2) is 2.73. The van der Waals surface area contributed by atoms with Crippen LogP contribution in [0, 0.1) is 0 Å².